The predicted molar refractivity (Wildman–Crippen MR) is 105 cm³/mol. The molecule has 1 fully saturated rings. The van der Waals surface area contributed by atoms with Crippen molar-refractivity contribution in [3.05, 3.63) is 71.3 Å². The normalized spacial score (nSPS) is 19.7. The fourth-order valence-corrected chi connectivity index (χ4v) is 3.34. The Labute approximate surface area is 164 Å². The zero-order chi connectivity index (χ0) is 19.9. The number of rotatable bonds is 7. The lowest BCUT2D eigenvalue weighted by atomic mass is 9.94. The largest absolute Gasteiger partial charge is 0.491 e. The monoisotopic (exact) mass is 388 g/mol. The highest BCUT2D eigenvalue weighted by Crippen LogP contribution is 2.32. The SMILES string of the molecule is C/C=C/C1CCC(c2ccc(COc3ccc(OCC)c(F)c3F)cc2)OC1. The third kappa shape index (κ3) is 4.90. The molecule has 5 heteroatoms. The van der Waals surface area contributed by atoms with Crippen LogP contribution in [0.2, 0.25) is 0 Å². The highest BCUT2D eigenvalue weighted by molar-refractivity contribution is 5.35. The van der Waals surface area contributed by atoms with Crippen molar-refractivity contribution < 1.29 is 23.0 Å². The Hall–Kier alpha value is -2.40. The van der Waals surface area contributed by atoms with Gasteiger partial charge < -0.3 is 14.2 Å². The topological polar surface area (TPSA) is 27.7 Å². The number of hydrogen-bond acceptors (Lipinski definition) is 3. The van der Waals surface area contributed by atoms with E-state index in [0.717, 1.165) is 30.6 Å². The van der Waals surface area contributed by atoms with Crippen molar-refractivity contribution in [2.75, 3.05) is 13.2 Å². The minimum atomic E-state index is -1.03. The summed E-state index contributed by atoms with van der Waals surface area (Å²) >= 11 is 0. The van der Waals surface area contributed by atoms with Crippen molar-refractivity contribution in [2.24, 2.45) is 5.92 Å². The molecule has 0 spiro atoms. The minimum Gasteiger partial charge on any atom is -0.491 e. The molecule has 3 nitrogen and oxygen atoms in total. The molecular weight excluding hydrogens is 362 g/mol. The summed E-state index contributed by atoms with van der Waals surface area (Å²) in [7, 11) is 0. The summed E-state index contributed by atoms with van der Waals surface area (Å²) in [6.45, 7) is 4.90. The third-order valence-electron chi connectivity index (χ3n) is 4.83. The number of allylic oxidation sites excluding steroid dienone is 1. The Morgan fingerprint density at radius 1 is 1.00 bits per heavy atom. The lowest BCUT2D eigenvalue weighted by molar-refractivity contribution is -0.00526. The molecule has 150 valence electrons. The van der Waals surface area contributed by atoms with Gasteiger partial charge in [0.2, 0.25) is 11.6 Å². The van der Waals surface area contributed by atoms with Gasteiger partial charge in [-0.3, -0.25) is 0 Å². The molecule has 1 aliphatic heterocycles. The first kappa shape index (κ1) is 20.3. The third-order valence-corrected chi connectivity index (χ3v) is 4.83. The molecule has 2 atom stereocenters. The molecule has 0 bridgehead atoms. The maximum Gasteiger partial charge on any atom is 0.204 e. The van der Waals surface area contributed by atoms with E-state index >= 15 is 0 Å². The predicted octanol–water partition coefficient (Wildman–Crippen LogP) is 5.99. The molecule has 0 amide bonds. The fourth-order valence-electron chi connectivity index (χ4n) is 3.34. The Bertz CT molecular complexity index is 794. The van der Waals surface area contributed by atoms with Gasteiger partial charge in [0.15, 0.2) is 11.5 Å². The standard InChI is InChI=1S/C23H26F2O3/c1-3-5-16-8-11-19(27-14-16)18-9-6-17(7-10-18)15-28-21-13-12-20(26-4-2)22(24)23(21)25/h3,5-7,9-10,12-13,16,19H,4,8,11,14-15H2,1-2H3/b5-3+. The van der Waals surface area contributed by atoms with E-state index in [1.807, 2.05) is 31.2 Å². The van der Waals surface area contributed by atoms with Gasteiger partial charge in [0, 0.05) is 5.92 Å². The van der Waals surface area contributed by atoms with Gasteiger partial charge in [-0.05, 0) is 49.9 Å². The maximum absolute atomic E-state index is 14.1. The maximum atomic E-state index is 14.1. The van der Waals surface area contributed by atoms with Gasteiger partial charge in [0.1, 0.15) is 6.61 Å². The zero-order valence-corrected chi connectivity index (χ0v) is 16.3. The smallest absolute Gasteiger partial charge is 0.204 e. The van der Waals surface area contributed by atoms with Crippen molar-refractivity contribution in [2.45, 2.75) is 39.4 Å². The molecule has 0 saturated carbocycles. The van der Waals surface area contributed by atoms with Crippen LogP contribution in [0, 0.1) is 17.6 Å². The summed E-state index contributed by atoms with van der Waals surface area (Å²) in [6.07, 6.45) is 6.47. The van der Waals surface area contributed by atoms with Crippen LogP contribution in [-0.2, 0) is 11.3 Å². The van der Waals surface area contributed by atoms with E-state index in [0.29, 0.717) is 5.92 Å². The molecule has 2 aromatic rings. The second-order valence-electron chi connectivity index (χ2n) is 6.84. The summed E-state index contributed by atoms with van der Waals surface area (Å²) in [5.41, 5.74) is 2.00. The average molecular weight is 388 g/mol. The van der Waals surface area contributed by atoms with Crippen LogP contribution in [0.3, 0.4) is 0 Å². The first-order valence-electron chi connectivity index (χ1n) is 9.69. The van der Waals surface area contributed by atoms with Crippen LogP contribution in [0.4, 0.5) is 8.78 Å². The molecule has 28 heavy (non-hydrogen) atoms. The molecule has 2 unspecified atom stereocenters. The van der Waals surface area contributed by atoms with E-state index < -0.39 is 11.6 Å². The second kappa shape index (κ2) is 9.69. The highest BCUT2D eigenvalue weighted by atomic mass is 19.2. The van der Waals surface area contributed by atoms with Gasteiger partial charge in [-0.2, -0.15) is 8.78 Å². The zero-order valence-electron chi connectivity index (χ0n) is 16.3. The molecular formula is C23H26F2O3. The molecule has 0 aromatic heterocycles. The summed E-state index contributed by atoms with van der Waals surface area (Å²) in [6, 6.07) is 10.6. The Balaban J connectivity index is 1.57. The van der Waals surface area contributed by atoms with Gasteiger partial charge in [0.05, 0.1) is 19.3 Å². The number of ether oxygens (including phenoxy) is 3. The summed E-state index contributed by atoms with van der Waals surface area (Å²) in [5.74, 6) is -1.80. The molecule has 2 aromatic carbocycles. The van der Waals surface area contributed by atoms with Gasteiger partial charge in [0.25, 0.3) is 0 Å². The van der Waals surface area contributed by atoms with Crippen molar-refractivity contribution in [1.29, 1.82) is 0 Å². The van der Waals surface area contributed by atoms with E-state index in [1.54, 1.807) is 6.92 Å². The van der Waals surface area contributed by atoms with Gasteiger partial charge >= 0.3 is 0 Å². The molecule has 0 radical (unpaired) electrons. The van der Waals surface area contributed by atoms with Crippen LogP contribution in [0.15, 0.2) is 48.6 Å². The molecule has 0 N–H and O–H groups in total. The highest BCUT2D eigenvalue weighted by Gasteiger charge is 2.21. The quantitative estimate of drug-likeness (QED) is 0.546. The molecule has 3 rings (SSSR count). The van der Waals surface area contributed by atoms with Gasteiger partial charge in [-0.1, -0.05) is 36.4 Å². The summed E-state index contributed by atoms with van der Waals surface area (Å²) < 4.78 is 44.5. The van der Waals surface area contributed by atoms with Crippen LogP contribution in [-0.4, -0.2) is 13.2 Å². The molecule has 1 heterocycles. The van der Waals surface area contributed by atoms with E-state index in [2.05, 4.69) is 12.2 Å². The van der Waals surface area contributed by atoms with Crippen LogP contribution in [0.25, 0.3) is 0 Å². The van der Waals surface area contributed by atoms with Gasteiger partial charge in [-0.25, -0.2) is 0 Å². The van der Waals surface area contributed by atoms with Crippen molar-refractivity contribution in [1.82, 2.24) is 0 Å². The van der Waals surface area contributed by atoms with E-state index in [-0.39, 0.29) is 30.8 Å². The first-order valence-corrected chi connectivity index (χ1v) is 9.69. The summed E-state index contributed by atoms with van der Waals surface area (Å²) in [4.78, 5) is 0. The van der Waals surface area contributed by atoms with E-state index in [4.69, 9.17) is 14.2 Å². The molecule has 1 saturated heterocycles. The van der Waals surface area contributed by atoms with E-state index in [1.165, 1.54) is 12.1 Å². The van der Waals surface area contributed by atoms with Crippen LogP contribution < -0.4 is 9.47 Å². The summed E-state index contributed by atoms with van der Waals surface area (Å²) in [5, 5.41) is 0. The Kier molecular flexibility index (Phi) is 7.04. The van der Waals surface area contributed by atoms with Crippen molar-refractivity contribution in [3.63, 3.8) is 0 Å². The van der Waals surface area contributed by atoms with Crippen LogP contribution >= 0.6 is 0 Å². The van der Waals surface area contributed by atoms with E-state index in [9.17, 15) is 8.78 Å². The van der Waals surface area contributed by atoms with Crippen molar-refractivity contribution in [3.8, 4) is 11.5 Å². The van der Waals surface area contributed by atoms with Crippen LogP contribution in [0.1, 0.15) is 43.9 Å². The lowest BCUT2D eigenvalue weighted by Crippen LogP contribution is -2.19. The van der Waals surface area contributed by atoms with Crippen LogP contribution in [0.5, 0.6) is 11.5 Å². The fraction of sp³-hybridized carbons (Fsp3) is 0.391. The Morgan fingerprint density at radius 3 is 2.25 bits per heavy atom. The van der Waals surface area contributed by atoms with Crippen molar-refractivity contribution >= 4 is 0 Å². The average Bonchev–Trinajstić information content (AvgIpc) is 2.72. The lowest BCUT2D eigenvalue weighted by Gasteiger charge is -2.27. The minimum absolute atomic E-state index is 0.106. The molecule has 1 aliphatic rings. The first-order chi connectivity index (χ1) is 13.6. The number of halogens is 2. The second-order valence-corrected chi connectivity index (χ2v) is 6.84. The van der Waals surface area contributed by atoms with Gasteiger partial charge in [-0.15, -0.1) is 0 Å². The number of hydrogen-bond donors (Lipinski definition) is 0. The Morgan fingerprint density at radius 2 is 1.68 bits per heavy atom. The number of benzene rings is 2. The molecule has 0 aliphatic carbocycles.